The highest BCUT2D eigenvalue weighted by Crippen LogP contribution is 2.41. The minimum atomic E-state index is -0.529. The van der Waals surface area contributed by atoms with E-state index in [1.54, 1.807) is 13.0 Å². The molecule has 1 N–H and O–H groups in total. The zero-order chi connectivity index (χ0) is 16.3. The van der Waals surface area contributed by atoms with Crippen LogP contribution in [0.3, 0.4) is 0 Å². The maximum absolute atomic E-state index is 12.1. The summed E-state index contributed by atoms with van der Waals surface area (Å²) in [7, 11) is 0. The number of nitriles is 2. The molecule has 1 aromatic rings. The molecule has 22 heavy (non-hydrogen) atoms. The Balaban J connectivity index is 2.59. The molecule has 0 bridgehead atoms. The number of furan rings is 1. The molecule has 112 valence electrons. The fourth-order valence-electron chi connectivity index (χ4n) is 2.49. The molecule has 0 saturated heterocycles. The summed E-state index contributed by atoms with van der Waals surface area (Å²) < 4.78 is 5.66. The van der Waals surface area contributed by atoms with Gasteiger partial charge in [-0.3, -0.25) is 4.79 Å². The lowest BCUT2D eigenvalue weighted by Crippen LogP contribution is -2.26. The van der Waals surface area contributed by atoms with Crippen molar-refractivity contribution in [2.45, 2.75) is 26.7 Å². The van der Waals surface area contributed by atoms with E-state index in [0.29, 0.717) is 27.6 Å². The van der Waals surface area contributed by atoms with Crippen LogP contribution in [0.1, 0.15) is 31.3 Å². The lowest BCUT2D eigenvalue weighted by Gasteiger charge is -2.27. The Morgan fingerprint density at radius 2 is 2.14 bits per heavy atom. The minimum absolute atomic E-state index is 0.110. The molecule has 2 heterocycles. The summed E-state index contributed by atoms with van der Waals surface area (Å²) in [4.78, 5) is 12.1. The molecular weight excluding hydrogens is 298 g/mol. The van der Waals surface area contributed by atoms with E-state index in [1.807, 2.05) is 19.1 Å². The van der Waals surface area contributed by atoms with Gasteiger partial charge in [0.2, 0.25) is 0 Å². The highest BCUT2D eigenvalue weighted by Gasteiger charge is 2.34. The standard InChI is InChI=1S/C16H15N3O2S/c1-9-4-5-13(21-9)15-12(8-18)16(22-7-6-17)19-10(2)14(15)11(3)20/h4-5,15,19H,7H2,1-3H3. The Labute approximate surface area is 133 Å². The fourth-order valence-corrected chi connectivity index (χ4v) is 3.24. The van der Waals surface area contributed by atoms with Crippen LogP contribution >= 0.6 is 11.8 Å². The fraction of sp³-hybridized carbons (Fsp3) is 0.312. The van der Waals surface area contributed by atoms with Crippen LogP contribution in [-0.2, 0) is 4.79 Å². The lowest BCUT2D eigenvalue weighted by atomic mass is 9.84. The summed E-state index contributed by atoms with van der Waals surface area (Å²) in [6, 6.07) is 7.80. The molecule has 1 aliphatic rings. The van der Waals surface area contributed by atoms with Crippen LogP contribution in [0, 0.1) is 29.6 Å². The Hall–Kier alpha value is -2.44. The number of dihydropyridines is 1. The molecule has 0 aliphatic carbocycles. The summed E-state index contributed by atoms with van der Waals surface area (Å²) in [5, 5.41) is 22.0. The molecule has 0 spiro atoms. The van der Waals surface area contributed by atoms with Crippen molar-refractivity contribution >= 4 is 17.5 Å². The van der Waals surface area contributed by atoms with Gasteiger partial charge in [-0.1, -0.05) is 11.8 Å². The summed E-state index contributed by atoms with van der Waals surface area (Å²) in [6.45, 7) is 5.09. The van der Waals surface area contributed by atoms with E-state index in [1.165, 1.54) is 18.7 Å². The quantitative estimate of drug-likeness (QED) is 0.918. The van der Waals surface area contributed by atoms with Crippen LogP contribution in [0.4, 0.5) is 0 Å². The number of ketones is 1. The number of nitrogens with one attached hydrogen (secondary N) is 1. The van der Waals surface area contributed by atoms with E-state index in [-0.39, 0.29) is 11.5 Å². The van der Waals surface area contributed by atoms with Crippen LogP contribution in [0.25, 0.3) is 0 Å². The molecule has 1 aliphatic heterocycles. The number of rotatable bonds is 4. The third-order valence-electron chi connectivity index (χ3n) is 3.35. The van der Waals surface area contributed by atoms with Gasteiger partial charge in [0.05, 0.1) is 34.4 Å². The van der Waals surface area contributed by atoms with Crippen molar-refractivity contribution in [2.24, 2.45) is 0 Å². The first-order valence-corrected chi connectivity index (χ1v) is 7.67. The van der Waals surface area contributed by atoms with Crippen LogP contribution in [0.2, 0.25) is 0 Å². The molecule has 2 rings (SSSR count). The monoisotopic (exact) mass is 313 g/mol. The molecule has 6 heteroatoms. The normalized spacial score (nSPS) is 17.8. The average molecular weight is 313 g/mol. The van der Waals surface area contributed by atoms with Gasteiger partial charge in [-0.05, 0) is 32.9 Å². The van der Waals surface area contributed by atoms with Gasteiger partial charge in [-0.2, -0.15) is 10.5 Å². The van der Waals surface area contributed by atoms with E-state index in [0.717, 1.165) is 5.76 Å². The first kappa shape index (κ1) is 15.9. The van der Waals surface area contributed by atoms with Crippen molar-refractivity contribution in [2.75, 3.05) is 5.75 Å². The van der Waals surface area contributed by atoms with E-state index < -0.39 is 5.92 Å². The predicted octanol–water partition coefficient (Wildman–Crippen LogP) is 3.13. The molecule has 0 saturated carbocycles. The summed E-state index contributed by atoms with van der Waals surface area (Å²) in [5.41, 5.74) is 1.61. The Kier molecular flexibility index (Phi) is 4.75. The van der Waals surface area contributed by atoms with E-state index in [4.69, 9.17) is 9.68 Å². The summed E-state index contributed by atoms with van der Waals surface area (Å²) >= 11 is 1.25. The third-order valence-corrected chi connectivity index (χ3v) is 4.24. The Bertz CT molecular complexity index is 759. The molecule has 1 unspecified atom stereocenters. The summed E-state index contributed by atoms with van der Waals surface area (Å²) in [6.07, 6.45) is 0. The van der Waals surface area contributed by atoms with Crippen molar-refractivity contribution in [3.8, 4) is 12.1 Å². The lowest BCUT2D eigenvalue weighted by molar-refractivity contribution is -0.113. The van der Waals surface area contributed by atoms with Crippen molar-refractivity contribution in [3.05, 3.63) is 45.5 Å². The maximum atomic E-state index is 12.1. The number of nitrogens with zero attached hydrogens (tertiary/aromatic N) is 2. The maximum Gasteiger partial charge on any atom is 0.158 e. The number of carbonyl (C=O) groups excluding carboxylic acids is 1. The van der Waals surface area contributed by atoms with Gasteiger partial charge in [-0.15, -0.1) is 0 Å². The molecule has 0 fully saturated rings. The number of hydrogen-bond acceptors (Lipinski definition) is 6. The average Bonchev–Trinajstić information content (AvgIpc) is 2.90. The van der Waals surface area contributed by atoms with Crippen LogP contribution < -0.4 is 5.32 Å². The molecule has 1 aromatic heterocycles. The second-order valence-corrected chi connectivity index (χ2v) is 5.89. The molecule has 5 nitrogen and oxygen atoms in total. The van der Waals surface area contributed by atoms with Gasteiger partial charge in [0.25, 0.3) is 0 Å². The highest BCUT2D eigenvalue weighted by atomic mass is 32.2. The topological polar surface area (TPSA) is 89.8 Å². The minimum Gasteiger partial charge on any atom is -0.465 e. The van der Waals surface area contributed by atoms with Crippen molar-refractivity contribution in [1.29, 1.82) is 10.5 Å². The first-order chi connectivity index (χ1) is 10.5. The second-order valence-electron chi connectivity index (χ2n) is 4.90. The van der Waals surface area contributed by atoms with Crippen molar-refractivity contribution in [3.63, 3.8) is 0 Å². The van der Waals surface area contributed by atoms with Crippen molar-refractivity contribution < 1.29 is 9.21 Å². The second kappa shape index (κ2) is 6.55. The molecule has 0 amide bonds. The number of allylic oxidation sites excluding steroid dienone is 3. The Morgan fingerprint density at radius 3 is 2.64 bits per heavy atom. The number of thioether (sulfide) groups is 1. The largest absolute Gasteiger partial charge is 0.465 e. The van der Waals surface area contributed by atoms with Gasteiger partial charge in [0.15, 0.2) is 5.78 Å². The molecule has 0 aromatic carbocycles. The highest BCUT2D eigenvalue weighted by molar-refractivity contribution is 8.03. The number of hydrogen-bond donors (Lipinski definition) is 1. The first-order valence-electron chi connectivity index (χ1n) is 6.68. The van der Waals surface area contributed by atoms with E-state index in [9.17, 15) is 10.1 Å². The smallest absolute Gasteiger partial charge is 0.158 e. The van der Waals surface area contributed by atoms with Gasteiger partial charge >= 0.3 is 0 Å². The van der Waals surface area contributed by atoms with Gasteiger partial charge < -0.3 is 9.73 Å². The predicted molar refractivity (Wildman–Crippen MR) is 83.4 cm³/mol. The summed E-state index contributed by atoms with van der Waals surface area (Å²) in [5.74, 6) is 0.868. The molecule has 1 atom stereocenters. The number of carbonyl (C=O) groups is 1. The van der Waals surface area contributed by atoms with Crippen LogP contribution in [0.5, 0.6) is 0 Å². The number of aryl methyl sites for hydroxylation is 1. The van der Waals surface area contributed by atoms with Crippen LogP contribution in [-0.4, -0.2) is 11.5 Å². The van der Waals surface area contributed by atoms with E-state index >= 15 is 0 Å². The van der Waals surface area contributed by atoms with Gasteiger partial charge in [0.1, 0.15) is 11.5 Å². The van der Waals surface area contributed by atoms with Crippen LogP contribution in [0.15, 0.2) is 38.4 Å². The number of Topliss-reactive ketones (excluding diaryl/α,β-unsaturated/α-hetero) is 1. The van der Waals surface area contributed by atoms with Crippen molar-refractivity contribution in [1.82, 2.24) is 5.32 Å². The van der Waals surface area contributed by atoms with E-state index in [2.05, 4.69) is 11.4 Å². The SMILES string of the molecule is CC(=O)C1=C(C)NC(SCC#N)=C(C#N)C1c1ccc(C)o1. The zero-order valence-electron chi connectivity index (χ0n) is 12.6. The zero-order valence-corrected chi connectivity index (χ0v) is 13.4. The molecule has 0 radical (unpaired) electrons. The third kappa shape index (κ3) is 2.93. The van der Waals surface area contributed by atoms with Gasteiger partial charge in [0, 0.05) is 11.3 Å². The van der Waals surface area contributed by atoms with Gasteiger partial charge in [-0.25, -0.2) is 0 Å². The Morgan fingerprint density at radius 1 is 1.41 bits per heavy atom. The molecular formula is C16H15N3O2S.